The van der Waals surface area contributed by atoms with Crippen LogP contribution in [0.1, 0.15) is 11.1 Å². The average Bonchev–Trinajstić information content (AvgIpc) is 3.42. The molecule has 0 fully saturated rings. The summed E-state index contributed by atoms with van der Waals surface area (Å²) in [5, 5.41) is 7.46. The lowest BCUT2D eigenvalue weighted by atomic mass is 10.0. The van der Waals surface area contributed by atoms with Crippen LogP contribution in [0, 0.1) is 0 Å². The van der Waals surface area contributed by atoms with E-state index in [1.807, 2.05) is 0 Å². The molecule has 3 aliphatic rings. The van der Waals surface area contributed by atoms with Gasteiger partial charge in [-0.3, -0.25) is 9.80 Å². The van der Waals surface area contributed by atoms with Crippen molar-refractivity contribution in [2.24, 2.45) is 0 Å². The molecule has 3 aliphatic heterocycles. The van der Waals surface area contributed by atoms with Crippen molar-refractivity contribution in [1.82, 2.24) is 0 Å². The number of hydrogen-bond acceptors (Lipinski definition) is 4. The predicted octanol–water partition coefficient (Wildman–Crippen LogP) is 6.52. The van der Waals surface area contributed by atoms with Crippen LogP contribution in [-0.4, -0.2) is 0 Å². The van der Waals surface area contributed by atoms with Gasteiger partial charge in [-0.05, 0) is 24.3 Å². The molecule has 32 heavy (non-hydrogen) atoms. The fraction of sp³-hybridized carbons (Fsp3) is 0. The fourth-order valence-electron chi connectivity index (χ4n) is 4.89. The Kier molecular flexibility index (Phi) is 3.52. The Hall–Kier alpha value is -4.44. The van der Waals surface area contributed by atoms with Crippen molar-refractivity contribution in [3.05, 3.63) is 132 Å². The van der Waals surface area contributed by atoms with Crippen LogP contribution in [0.4, 0.5) is 22.7 Å². The first-order chi connectivity index (χ1) is 15.9. The maximum Gasteiger partial charge on any atom is 0.141 e. The molecule has 0 radical (unpaired) electrons. The molecule has 4 nitrogen and oxygen atoms in total. The van der Waals surface area contributed by atoms with E-state index in [2.05, 4.69) is 130 Å². The highest BCUT2D eigenvalue weighted by Crippen LogP contribution is 2.53. The van der Waals surface area contributed by atoms with E-state index < -0.39 is 0 Å². The second kappa shape index (κ2) is 6.53. The number of fused-ring (bicyclic) bond motifs is 6. The SMILES string of the molecule is c1ccc(C2=C3Nc4ccccc4N3C(c3ccccc3)=C3Nc4ccccc4N32)cc1. The van der Waals surface area contributed by atoms with Crippen LogP contribution in [0.15, 0.2) is 121 Å². The van der Waals surface area contributed by atoms with Crippen molar-refractivity contribution < 1.29 is 0 Å². The number of nitrogens with zero attached hydrogens (tertiary/aromatic N) is 2. The van der Waals surface area contributed by atoms with Crippen LogP contribution in [-0.2, 0) is 0 Å². The summed E-state index contributed by atoms with van der Waals surface area (Å²) in [4.78, 5) is 4.72. The second-order valence-corrected chi connectivity index (χ2v) is 8.08. The van der Waals surface area contributed by atoms with Crippen molar-refractivity contribution in [2.45, 2.75) is 0 Å². The summed E-state index contributed by atoms with van der Waals surface area (Å²) in [6, 6.07) is 38.2. The minimum absolute atomic E-state index is 1.07. The van der Waals surface area contributed by atoms with E-state index >= 15 is 0 Å². The molecule has 0 saturated carbocycles. The average molecular weight is 412 g/mol. The maximum absolute atomic E-state index is 3.73. The maximum atomic E-state index is 3.73. The molecule has 0 aliphatic carbocycles. The zero-order valence-corrected chi connectivity index (χ0v) is 17.3. The number of benzene rings is 4. The minimum Gasteiger partial charge on any atom is -0.338 e. The third-order valence-corrected chi connectivity index (χ3v) is 6.23. The summed E-state index contributed by atoms with van der Waals surface area (Å²) in [7, 11) is 0. The molecule has 0 amide bonds. The first-order valence-electron chi connectivity index (χ1n) is 10.8. The largest absolute Gasteiger partial charge is 0.338 e. The zero-order chi connectivity index (χ0) is 21.1. The molecule has 4 heteroatoms. The molecule has 0 spiro atoms. The first kappa shape index (κ1) is 17.3. The molecule has 0 aromatic heterocycles. The summed E-state index contributed by atoms with van der Waals surface area (Å²) in [5.74, 6) is 2.14. The van der Waals surface area contributed by atoms with Gasteiger partial charge in [0, 0.05) is 11.1 Å². The van der Waals surface area contributed by atoms with Crippen molar-refractivity contribution in [3.63, 3.8) is 0 Å². The van der Waals surface area contributed by atoms with E-state index in [1.54, 1.807) is 0 Å². The third-order valence-electron chi connectivity index (χ3n) is 6.23. The summed E-state index contributed by atoms with van der Waals surface area (Å²) in [6.07, 6.45) is 0. The van der Waals surface area contributed by atoms with Gasteiger partial charge in [-0.25, -0.2) is 0 Å². The number of nitrogens with one attached hydrogen (secondary N) is 2. The molecule has 2 N–H and O–H groups in total. The quantitative estimate of drug-likeness (QED) is 0.393. The van der Waals surface area contributed by atoms with E-state index in [0.29, 0.717) is 0 Å². The highest BCUT2D eigenvalue weighted by atomic mass is 15.4. The molecule has 0 saturated heterocycles. The molecule has 4 aromatic carbocycles. The van der Waals surface area contributed by atoms with Crippen molar-refractivity contribution in [1.29, 1.82) is 0 Å². The Morgan fingerprint density at radius 3 is 1.22 bits per heavy atom. The summed E-state index contributed by atoms with van der Waals surface area (Å²) in [6.45, 7) is 0. The van der Waals surface area contributed by atoms with E-state index in [4.69, 9.17) is 0 Å². The van der Waals surface area contributed by atoms with Gasteiger partial charge >= 0.3 is 0 Å². The molecule has 0 unspecified atom stereocenters. The Balaban J connectivity index is 1.58. The van der Waals surface area contributed by atoms with E-state index in [0.717, 1.165) is 56.9 Å². The second-order valence-electron chi connectivity index (χ2n) is 8.08. The topological polar surface area (TPSA) is 30.5 Å². The molecular formula is C28H20N4. The standard InChI is InChI=1S/C28H20N4/c1-3-11-19(12-4-1)25-27-29-22-16-8-10-18-24(22)32(27)26(20-13-5-2-6-14-20)28-30-21-15-7-9-17-23(21)31(25)28/h1-18,29-30H. The van der Waals surface area contributed by atoms with Crippen LogP contribution < -0.4 is 20.4 Å². The van der Waals surface area contributed by atoms with Crippen LogP contribution in [0.3, 0.4) is 0 Å². The number of para-hydroxylation sites is 4. The lowest BCUT2D eigenvalue weighted by Gasteiger charge is -2.37. The highest BCUT2D eigenvalue weighted by Gasteiger charge is 2.43. The molecule has 0 atom stereocenters. The normalized spacial score (nSPS) is 15.6. The van der Waals surface area contributed by atoms with Crippen molar-refractivity contribution in [2.75, 3.05) is 20.4 Å². The van der Waals surface area contributed by atoms with Gasteiger partial charge < -0.3 is 10.6 Å². The molecule has 4 aromatic rings. The molecule has 3 heterocycles. The summed E-state index contributed by atoms with van der Waals surface area (Å²) < 4.78 is 0. The Bertz CT molecular complexity index is 1310. The van der Waals surface area contributed by atoms with E-state index in [1.165, 1.54) is 0 Å². The number of anilines is 4. The van der Waals surface area contributed by atoms with Crippen LogP contribution >= 0.6 is 0 Å². The van der Waals surface area contributed by atoms with Gasteiger partial charge in [0.05, 0.1) is 34.1 Å². The first-order valence-corrected chi connectivity index (χ1v) is 10.8. The van der Waals surface area contributed by atoms with Gasteiger partial charge in [0.25, 0.3) is 0 Å². The predicted molar refractivity (Wildman–Crippen MR) is 132 cm³/mol. The van der Waals surface area contributed by atoms with Crippen molar-refractivity contribution in [3.8, 4) is 0 Å². The van der Waals surface area contributed by atoms with Gasteiger partial charge in [0.2, 0.25) is 0 Å². The monoisotopic (exact) mass is 412 g/mol. The Morgan fingerprint density at radius 1 is 0.406 bits per heavy atom. The van der Waals surface area contributed by atoms with Gasteiger partial charge in [-0.15, -0.1) is 0 Å². The van der Waals surface area contributed by atoms with Gasteiger partial charge in [0.15, 0.2) is 0 Å². The minimum atomic E-state index is 1.07. The molecule has 152 valence electrons. The Morgan fingerprint density at radius 2 is 0.781 bits per heavy atom. The van der Waals surface area contributed by atoms with Gasteiger partial charge in [-0.1, -0.05) is 84.9 Å². The van der Waals surface area contributed by atoms with Crippen LogP contribution in [0.2, 0.25) is 0 Å². The highest BCUT2D eigenvalue weighted by molar-refractivity contribution is 6.09. The number of hydrogen-bond donors (Lipinski definition) is 2. The van der Waals surface area contributed by atoms with Crippen LogP contribution in [0.25, 0.3) is 11.4 Å². The zero-order valence-electron chi connectivity index (χ0n) is 17.3. The fourth-order valence-corrected chi connectivity index (χ4v) is 4.89. The summed E-state index contributed by atoms with van der Waals surface area (Å²) in [5.41, 5.74) is 9.12. The molecule has 7 rings (SSSR count). The van der Waals surface area contributed by atoms with Gasteiger partial charge in [0.1, 0.15) is 11.6 Å². The Labute approximate surface area is 186 Å². The third kappa shape index (κ3) is 2.32. The van der Waals surface area contributed by atoms with Crippen LogP contribution in [0.5, 0.6) is 0 Å². The van der Waals surface area contributed by atoms with E-state index in [9.17, 15) is 0 Å². The lowest BCUT2D eigenvalue weighted by molar-refractivity contribution is 1.10. The molecular weight excluding hydrogens is 392 g/mol. The lowest BCUT2D eigenvalue weighted by Crippen LogP contribution is -2.36. The van der Waals surface area contributed by atoms with Gasteiger partial charge in [-0.2, -0.15) is 0 Å². The van der Waals surface area contributed by atoms with E-state index in [-0.39, 0.29) is 0 Å². The summed E-state index contributed by atoms with van der Waals surface area (Å²) >= 11 is 0. The number of rotatable bonds is 2. The van der Waals surface area contributed by atoms with Crippen molar-refractivity contribution >= 4 is 34.1 Å². The smallest absolute Gasteiger partial charge is 0.141 e. The molecule has 0 bridgehead atoms.